The van der Waals surface area contributed by atoms with Gasteiger partial charge in [0.2, 0.25) is 5.88 Å². The maximum Gasteiger partial charge on any atom is 0.222 e. The average molecular weight is 308 g/mol. The van der Waals surface area contributed by atoms with Gasteiger partial charge in [-0.1, -0.05) is 0 Å². The van der Waals surface area contributed by atoms with Crippen LogP contribution in [0.3, 0.4) is 0 Å². The maximum absolute atomic E-state index is 11.6. The van der Waals surface area contributed by atoms with Gasteiger partial charge < -0.3 is 10.5 Å². The molecular formula is C13H16N4O3S. The second-order valence-corrected chi connectivity index (χ2v) is 7.24. The Morgan fingerprint density at radius 2 is 2.29 bits per heavy atom. The van der Waals surface area contributed by atoms with E-state index >= 15 is 0 Å². The molecule has 21 heavy (non-hydrogen) atoms. The molecule has 3 rings (SSSR count). The lowest BCUT2D eigenvalue weighted by atomic mass is 10.2. The standard InChI is InChI=1S/C13H16N4O3S/c1-20-13-10(3-2-5-15-13)11-7-12(14)17(16-11)9-4-6-21(18,19)8-9/h2-3,5,7,9H,4,6,8,14H2,1H3. The third-order valence-corrected chi connectivity index (χ3v) is 5.31. The van der Waals surface area contributed by atoms with Crippen LogP contribution in [0.1, 0.15) is 12.5 Å². The van der Waals surface area contributed by atoms with Crippen LogP contribution in [0.4, 0.5) is 5.82 Å². The molecule has 1 fully saturated rings. The largest absolute Gasteiger partial charge is 0.481 e. The number of nitrogens with two attached hydrogens (primary N) is 1. The van der Waals surface area contributed by atoms with Crippen molar-refractivity contribution in [2.24, 2.45) is 0 Å². The maximum atomic E-state index is 11.6. The molecule has 0 spiro atoms. The zero-order valence-corrected chi connectivity index (χ0v) is 12.4. The SMILES string of the molecule is COc1ncccc1-c1cc(N)n(C2CCS(=O)(=O)C2)n1. The molecule has 2 N–H and O–H groups in total. The summed E-state index contributed by atoms with van der Waals surface area (Å²) in [5.41, 5.74) is 7.34. The second-order valence-electron chi connectivity index (χ2n) is 5.02. The minimum Gasteiger partial charge on any atom is -0.481 e. The van der Waals surface area contributed by atoms with Crippen LogP contribution in [0.2, 0.25) is 0 Å². The molecule has 1 aliphatic heterocycles. The number of methoxy groups -OCH3 is 1. The molecule has 8 heteroatoms. The summed E-state index contributed by atoms with van der Waals surface area (Å²) in [7, 11) is -1.44. The van der Waals surface area contributed by atoms with Crippen LogP contribution in [-0.4, -0.2) is 41.8 Å². The van der Waals surface area contributed by atoms with Gasteiger partial charge in [0.05, 0.1) is 35.9 Å². The van der Waals surface area contributed by atoms with Gasteiger partial charge in [0.15, 0.2) is 9.84 Å². The van der Waals surface area contributed by atoms with Gasteiger partial charge in [-0.15, -0.1) is 0 Å². The van der Waals surface area contributed by atoms with Crippen molar-refractivity contribution in [1.82, 2.24) is 14.8 Å². The van der Waals surface area contributed by atoms with E-state index in [2.05, 4.69) is 10.1 Å². The summed E-state index contributed by atoms with van der Waals surface area (Å²) >= 11 is 0. The van der Waals surface area contributed by atoms with Crippen molar-refractivity contribution in [1.29, 1.82) is 0 Å². The van der Waals surface area contributed by atoms with Crippen LogP contribution in [0.25, 0.3) is 11.3 Å². The third kappa shape index (κ3) is 2.58. The van der Waals surface area contributed by atoms with Crippen molar-refractivity contribution in [2.45, 2.75) is 12.5 Å². The predicted octanol–water partition coefficient (Wildman–Crippen LogP) is 0.895. The molecule has 0 aromatic carbocycles. The first-order valence-electron chi connectivity index (χ1n) is 6.55. The van der Waals surface area contributed by atoms with Gasteiger partial charge in [-0.2, -0.15) is 5.10 Å². The number of rotatable bonds is 3. The van der Waals surface area contributed by atoms with E-state index in [0.717, 1.165) is 5.56 Å². The lowest BCUT2D eigenvalue weighted by Gasteiger charge is -2.10. The molecule has 0 saturated carbocycles. The second kappa shape index (κ2) is 5.03. The van der Waals surface area contributed by atoms with E-state index in [1.807, 2.05) is 6.07 Å². The van der Waals surface area contributed by atoms with E-state index in [4.69, 9.17) is 10.5 Å². The molecule has 0 amide bonds. The van der Waals surface area contributed by atoms with E-state index in [1.54, 1.807) is 23.0 Å². The Morgan fingerprint density at radius 3 is 2.95 bits per heavy atom. The predicted molar refractivity (Wildman–Crippen MR) is 78.7 cm³/mol. The van der Waals surface area contributed by atoms with Crippen molar-refractivity contribution in [3.63, 3.8) is 0 Å². The summed E-state index contributed by atoms with van der Waals surface area (Å²) in [6.45, 7) is 0. The Labute approximate surface area is 122 Å². The quantitative estimate of drug-likeness (QED) is 0.904. The first kappa shape index (κ1) is 13.9. The van der Waals surface area contributed by atoms with Gasteiger partial charge in [-0.05, 0) is 18.6 Å². The summed E-state index contributed by atoms with van der Waals surface area (Å²) in [6, 6.07) is 5.13. The number of aromatic nitrogens is 3. The monoisotopic (exact) mass is 308 g/mol. The molecule has 7 nitrogen and oxygen atoms in total. The highest BCUT2D eigenvalue weighted by molar-refractivity contribution is 7.91. The van der Waals surface area contributed by atoms with E-state index in [0.29, 0.717) is 23.8 Å². The lowest BCUT2D eigenvalue weighted by molar-refractivity contribution is 0.399. The van der Waals surface area contributed by atoms with Gasteiger partial charge in [0.1, 0.15) is 5.82 Å². The smallest absolute Gasteiger partial charge is 0.222 e. The molecule has 1 saturated heterocycles. The van der Waals surface area contributed by atoms with E-state index in [9.17, 15) is 8.42 Å². The van der Waals surface area contributed by atoms with Crippen LogP contribution in [0.15, 0.2) is 24.4 Å². The molecule has 2 aromatic heterocycles. The number of hydrogen-bond donors (Lipinski definition) is 1. The van der Waals surface area contributed by atoms with Crippen LogP contribution in [-0.2, 0) is 9.84 Å². The van der Waals surface area contributed by atoms with Gasteiger partial charge in [0.25, 0.3) is 0 Å². The highest BCUT2D eigenvalue weighted by Gasteiger charge is 2.31. The summed E-state index contributed by atoms with van der Waals surface area (Å²) in [6.07, 6.45) is 2.17. The van der Waals surface area contributed by atoms with Gasteiger partial charge in [-0.3, -0.25) is 0 Å². The Morgan fingerprint density at radius 1 is 1.48 bits per heavy atom. The molecule has 0 radical (unpaired) electrons. The molecule has 0 bridgehead atoms. The molecule has 1 unspecified atom stereocenters. The topological polar surface area (TPSA) is 100 Å². The molecule has 2 aromatic rings. The van der Waals surface area contributed by atoms with Gasteiger partial charge >= 0.3 is 0 Å². The first-order chi connectivity index (χ1) is 10.00. The highest BCUT2D eigenvalue weighted by Crippen LogP contribution is 2.31. The van der Waals surface area contributed by atoms with Gasteiger partial charge in [-0.25, -0.2) is 18.1 Å². The summed E-state index contributed by atoms with van der Waals surface area (Å²) < 4.78 is 30.0. The van der Waals surface area contributed by atoms with Crippen LogP contribution < -0.4 is 10.5 Å². The molecule has 0 aliphatic carbocycles. The summed E-state index contributed by atoms with van der Waals surface area (Å²) in [5.74, 6) is 1.17. The fourth-order valence-electron chi connectivity index (χ4n) is 2.55. The number of hydrogen-bond acceptors (Lipinski definition) is 6. The van der Waals surface area contributed by atoms with E-state index in [-0.39, 0.29) is 17.5 Å². The Balaban J connectivity index is 1.99. The molecule has 3 heterocycles. The molecule has 112 valence electrons. The summed E-state index contributed by atoms with van der Waals surface area (Å²) in [5, 5.41) is 4.44. The van der Waals surface area contributed by atoms with Gasteiger partial charge in [0, 0.05) is 12.3 Å². The normalized spacial score (nSPS) is 20.5. The highest BCUT2D eigenvalue weighted by atomic mass is 32.2. The molecule has 1 atom stereocenters. The van der Waals surface area contributed by atoms with Crippen molar-refractivity contribution >= 4 is 15.7 Å². The van der Waals surface area contributed by atoms with Crippen LogP contribution in [0, 0.1) is 0 Å². The first-order valence-corrected chi connectivity index (χ1v) is 8.37. The Hall–Kier alpha value is -2.09. The minimum absolute atomic E-state index is 0.0858. The number of nitrogens with zero attached hydrogens (tertiary/aromatic N) is 3. The number of sulfone groups is 1. The summed E-state index contributed by atoms with van der Waals surface area (Å²) in [4.78, 5) is 4.12. The zero-order chi connectivity index (χ0) is 15.0. The van der Waals surface area contributed by atoms with Crippen molar-refractivity contribution in [3.05, 3.63) is 24.4 Å². The number of ether oxygens (including phenoxy) is 1. The van der Waals surface area contributed by atoms with E-state index < -0.39 is 9.84 Å². The Bertz CT molecular complexity index is 769. The van der Waals surface area contributed by atoms with Crippen molar-refractivity contribution in [2.75, 3.05) is 24.3 Å². The number of nitrogen functional groups attached to an aromatic ring is 1. The Kier molecular flexibility index (Phi) is 3.32. The lowest BCUT2D eigenvalue weighted by Crippen LogP contribution is -2.14. The number of pyridine rings is 1. The van der Waals surface area contributed by atoms with Crippen molar-refractivity contribution in [3.8, 4) is 17.1 Å². The fraction of sp³-hybridized carbons (Fsp3) is 0.385. The fourth-order valence-corrected chi connectivity index (χ4v) is 4.24. The zero-order valence-electron chi connectivity index (χ0n) is 11.6. The molecule has 1 aliphatic rings. The minimum atomic E-state index is -2.98. The third-order valence-electron chi connectivity index (χ3n) is 3.56. The van der Waals surface area contributed by atoms with E-state index in [1.165, 1.54) is 7.11 Å². The van der Waals surface area contributed by atoms with Crippen molar-refractivity contribution < 1.29 is 13.2 Å². The molecular weight excluding hydrogens is 292 g/mol. The number of anilines is 1. The van der Waals surface area contributed by atoms with Crippen LogP contribution >= 0.6 is 0 Å². The average Bonchev–Trinajstić information content (AvgIpc) is 3.01. The van der Waals surface area contributed by atoms with Crippen LogP contribution in [0.5, 0.6) is 5.88 Å².